The molecule has 108 valence electrons. The fourth-order valence-electron chi connectivity index (χ4n) is 3.54. The molecule has 2 aliphatic rings. The van der Waals surface area contributed by atoms with Crippen LogP contribution in [0.1, 0.15) is 51.9 Å². The van der Waals surface area contributed by atoms with Crippen LogP contribution in [0.4, 0.5) is 0 Å². The largest absolute Gasteiger partial charge is 0.481 e. The Kier molecular flexibility index (Phi) is 4.83. The fourth-order valence-corrected chi connectivity index (χ4v) is 3.54. The van der Waals surface area contributed by atoms with Gasteiger partial charge in [-0.05, 0) is 31.6 Å². The van der Waals surface area contributed by atoms with E-state index in [2.05, 4.69) is 6.92 Å². The monoisotopic (exact) mass is 267 g/mol. The van der Waals surface area contributed by atoms with Gasteiger partial charge in [0.05, 0.1) is 11.8 Å². The number of hydrogen-bond acceptors (Lipinski definition) is 2. The molecule has 0 aromatic heterocycles. The summed E-state index contributed by atoms with van der Waals surface area (Å²) in [6, 6.07) is 0. The van der Waals surface area contributed by atoms with E-state index in [0.717, 1.165) is 32.4 Å². The highest BCUT2D eigenvalue weighted by Gasteiger charge is 2.42. The second-order valence-corrected chi connectivity index (χ2v) is 6.22. The summed E-state index contributed by atoms with van der Waals surface area (Å²) in [4.78, 5) is 25.8. The Labute approximate surface area is 115 Å². The average molecular weight is 267 g/mol. The molecule has 4 nitrogen and oxygen atoms in total. The molecule has 1 heterocycles. The summed E-state index contributed by atoms with van der Waals surface area (Å²) in [5.74, 6) is -1.10. The van der Waals surface area contributed by atoms with E-state index in [1.54, 1.807) is 0 Å². The molecule has 0 spiro atoms. The summed E-state index contributed by atoms with van der Waals surface area (Å²) in [6.07, 6.45) is 7.16. The summed E-state index contributed by atoms with van der Waals surface area (Å²) in [5.41, 5.74) is 0. The Morgan fingerprint density at radius 2 is 1.47 bits per heavy atom. The van der Waals surface area contributed by atoms with Gasteiger partial charge in [-0.2, -0.15) is 0 Å². The van der Waals surface area contributed by atoms with Crippen LogP contribution >= 0.6 is 0 Å². The van der Waals surface area contributed by atoms with E-state index in [0.29, 0.717) is 12.3 Å². The van der Waals surface area contributed by atoms with Gasteiger partial charge in [-0.1, -0.05) is 26.2 Å². The van der Waals surface area contributed by atoms with E-state index in [4.69, 9.17) is 0 Å². The number of amides is 1. The lowest BCUT2D eigenvalue weighted by molar-refractivity contribution is -0.149. The van der Waals surface area contributed by atoms with Gasteiger partial charge in [-0.25, -0.2) is 0 Å². The van der Waals surface area contributed by atoms with Crippen LogP contribution in [0.5, 0.6) is 0 Å². The second-order valence-electron chi connectivity index (χ2n) is 6.22. The molecule has 1 amide bonds. The Balaban J connectivity index is 2.02. The molecule has 2 fully saturated rings. The Bertz CT molecular complexity index is 334. The maximum absolute atomic E-state index is 12.6. The standard InChI is InChI=1S/C15H25NO3/c1-11-9-12(13(10-11)15(18)19)14(17)16-7-5-3-2-4-6-8-16/h11-13H,2-10H2,1H3,(H,18,19)/t11?,12-,13+/m0/s1. The van der Waals surface area contributed by atoms with Crippen molar-refractivity contribution in [3.63, 3.8) is 0 Å². The molecule has 1 saturated carbocycles. The Hall–Kier alpha value is -1.06. The second kappa shape index (κ2) is 6.40. The third kappa shape index (κ3) is 3.48. The molecule has 0 bridgehead atoms. The van der Waals surface area contributed by atoms with Gasteiger partial charge in [-0.15, -0.1) is 0 Å². The van der Waals surface area contributed by atoms with Crippen molar-refractivity contribution in [1.82, 2.24) is 4.90 Å². The van der Waals surface area contributed by atoms with E-state index >= 15 is 0 Å². The maximum atomic E-state index is 12.6. The van der Waals surface area contributed by atoms with Crippen LogP contribution in [0.3, 0.4) is 0 Å². The first-order valence-corrected chi connectivity index (χ1v) is 7.61. The van der Waals surface area contributed by atoms with E-state index < -0.39 is 11.9 Å². The van der Waals surface area contributed by atoms with Gasteiger partial charge >= 0.3 is 5.97 Å². The van der Waals surface area contributed by atoms with Gasteiger partial charge in [0.15, 0.2) is 0 Å². The predicted molar refractivity (Wildman–Crippen MR) is 72.7 cm³/mol. The number of hydrogen-bond donors (Lipinski definition) is 1. The number of likely N-dealkylation sites (tertiary alicyclic amines) is 1. The minimum atomic E-state index is -0.797. The molecule has 4 heteroatoms. The zero-order valence-corrected chi connectivity index (χ0v) is 11.8. The minimum Gasteiger partial charge on any atom is -0.481 e. The summed E-state index contributed by atoms with van der Waals surface area (Å²) >= 11 is 0. The first-order chi connectivity index (χ1) is 9.09. The van der Waals surface area contributed by atoms with Gasteiger partial charge in [0.1, 0.15) is 0 Å². The number of carbonyl (C=O) groups excluding carboxylic acids is 1. The van der Waals surface area contributed by atoms with Gasteiger partial charge in [0, 0.05) is 13.1 Å². The highest BCUT2D eigenvalue weighted by molar-refractivity contribution is 5.85. The third-order valence-electron chi connectivity index (χ3n) is 4.60. The van der Waals surface area contributed by atoms with Crippen molar-refractivity contribution in [3.05, 3.63) is 0 Å². The van der Waals surface area contributed by atoms with Crippen LogP contribution in [-0.2, 0) is 9.59 Å². The van der Waals surface area contributed by atoms with Gasteiger partial charge in [-0.3, -0.25) is 9.59 Å². The molecule has 1 unspecified atom stereocenters. The Morgan fingerprint density at radius 3 is 2.05 bits per heavy atom. The summed E-state index contributed by atoms with van der Waals surface area (Å²) in [7, 11) is 0. The Morgan fingerprint density at radius 1 is 0.947 bits per heavy atom. The van der Waals surface area contributed by atoms with Crippen LogP contribution in [0.15, 0.2) is 0 Å². The maximum Gasteiger partial charge on any atom is 0.307 e. The lowest BCUT2D eigenvalue weighted by atomic mass is 9.94. The van der Waals surface area contributed by atoms with Crippen molar-refractivity contribution < 1.29 is 14.7 Å². The smallest absolute Gasteiger partial charge is 0.307 e. The van der Waals surface area contributed by atoms with Crippen LogP contribution < -0.4 is 0 Å². The molecular weight excluding hydrogens is 242 g/mol. The first-order valence-electron chi connectivity index (χ1n) is 7.61. The molecule has 3 atom stereocenters. The van der Waals surface area contributed by atoms with Gasteiger partial charge in [0.25, 0.3) is 0 Å². The molecule has 0 radical (unpaired) electrons. The summed E-state index contributed by atoms with van der Waals surface area (Å²) in [5, 5.41) is 9.28. The quantitative estimate of drug-likeness (QED) is 0.836. The normalized spacial score (nSPS) is 32.7. The van der Waals surface area contributed by atoms with Crippen molar-refractivity contribution in [2.45, 2.75) is 51.9 Å². The molecule has 2 rings (SSSR count). The molecule has 1 aliphatic heterocycles. The number of carbonyl (C=O) groups is 2. The van der Waals surface area contributed by atoms with Crippen LogP contribution in [0.25, 0.3) is 0 Å². The number of aliphatic carboxylic acids is 1. The average Bonchev–Trinajstić information content (AvgIpc) is 2.70. The number of carboxylic acid groups (broad SMARTS) is 1. The van der Waals surface area contributed by atoms with Crippen LogP contribution in [0.2, 0.25) is 0 Å². The number of rotatable bonds is 2. The topological polar surface area (TPSA) is 57.6 Å². The van der Waals surface area contributed by atoms with Gasteiger partial charge in [0.2, 0.25) is 5.91 Å². The number of carboxylic acids is 1. The van der Waals surface area contributed by atoms with Crippen molar-refractivity contribution in [3.8, 4) is 0 Å². The van der Waals surface area contributed by atoms with Crippen molar-refractivity contribution in [2.75, 3.05) is 13.1 Å². The van der Waals surface area contributed by atoms with Gasteiger partial charge < -0.3 is 10.0 Å². The van der Waals surface area contributed by atoms with Crippen molar-refractivity contribution >= 4 is 11.9 Å². The summed E-state index contributed by atoms with van der Waals surface area (Å²) < 4.78 is 0. The number of nitrogens with zero attached hydrogens (tertiary/aromatic N) is 1. The fraction of sp³-hybridized carbons (Fsp3) is 0.867. The van der Waals surface area contributed by atoms with E-state index in [9.17, 15) is 14.7 Å². The van der Waals surface area contributed by atoms with E-state index in [-0.39, 0.29) is 11.8 Å². The van der Waals surface area contributed by atoms with E-state index in [1.165, 1.54) is 19.3 Å². The zero-order chi connectivity index (χ0) is 13.8. The highest BCUT2D eigenvalue weighted by atomic mass is 16.4. The molecule has 19 heavy (non-hydrogen) atoms. The lowest BCUT2D eigenvalue weighted by Gasteiger charge is -2.28. The summed E-state index contributed by atoms with van der Waals surface area (Å²) in [6.45, 7) is 3.68. The predicted octanol–water partition coefficient (Wildman–Crippen LogP) is 2.53. The van der Waals surface area contributed by atoms with Crippen LogP contribution in [-0.4, -0.2) is 35.0 Å². The first kappa shape index (κ1) is 14.4. The molecule has 0 aromatic carbocycles. The highest BCUT2D eigenvalue weighted by Crippen LogP contribution is 2.37. The van der Waals surface area contributed by atoms with Crippen LogP contribution in [0, 0.1) is 17.8 Å². The lowest BCUT2D eigenvalue weighted by Crippen LogP contribution is -2.40. The zero-order valence-electron chi connectivity index (χ0n) is 11.8. The van der Waals surface area contributed by atoms with Crippen molar-refractivity contribution in [1.29, 1.82) is 0 Å². The molecule has 1 saturated heterocycles. The third-order valence-corrected chi connectivity index (χ3v) is 4.60. The SMILES string of the molecule is CC1C[C@H](C(=O)N2CCCCCCC2)[C@H](C(=O)O)C1. The molecular formula is C15H25NO3. The minimum absolute atomic E-state index is 0.0960. The molecule has 1 aliphatic carbocycles. The molecule has 1 N–H and O–H groups in total. The van der Waals surface area contributed by atoms with E-state index in [1.807, 2.05) is 4.90 Å². The molecule has 0 aromatic rings. The van der Waals surface area contributed by atoms with Crippen molar-refractivity contribution in [2.24, 2.45) is 17.8 Å².